The van der Waals surface area contributed by atoms with E-state index in [9.17, 15) is 14.5 Å². The second-order valence-corrected chi connectivity index (χ2v) is 5.70. The summed E-state index contributed by atoms with van der Waals surface area (Å²) in [6, 6.07) is 0. The number of hydrogen-bond donors (Lipinski definition) is 0. The number of halogens is 1. The van der Waals surface area contributed by atoms with Gasteiger partial charge in [0.05, 0.1) is 10.5 Å². The van der Waals surface area contributed by atoms with Crippen molar-refractivity contribution in [1.29, 1.82) is 0 Å². The van der Waals surface area contributed by atoms with E-state index in [-0.39, 0.29) is 23.1 Å². The van der Waals surface area contributed by atoms with Crippen LogP contribution in [0, 0.1) is 16.0 Å². The Kier molecular flexibility index (Phi) is 16.1. The van der Waals surface area contributed by atoms with Crippen LogP contribution in [0.1, 0.15) is 61.3 Å². The Morgan fingerprint density at radius 3 is 2.41 bits per heavy atom. The molecule has 0 bridgehead atoms. The summed E-state index contributed by atoms with van der Waals surface area (Å²) in [5, 5.41) is 11.0. The Labute approximate surface area is 164 Å². The molecule has 1 aliphatic rings. The number of nitrogens with zero attached hydrogens (tertiary/aromatic N) is 1. The van der Waals surface area contributed by atoms with Gasteiger partial charge >= 0.3 is 0 Å². The third kappa shape index (κ3) is 10.5. The molecule has 0 spiro atoms. The van der Waals surface area contributed by atoms with E-state index in [1.807, 2.05) is 33.8 Å². The van der Waals surface area contributed by atoms with Crippen molar-refractivity contribution in [2.45, 2.75) is 67.5 Å². The number of allylic oxidation sites excluding steroid dienone is 6. The predicted molar refractivity (Wildman–Crippen MR) is 113 cm³/mol. The fourth-order valence-corrected chi connectivity index (χ4v) is 2.14. The van der Waals surface area contributed by atoms with E-state index >= 15 is 0 Å². The number of alkyl halides is 1. The molecule has 1 unspecified atom stereocenters. The minimum atomic E-state index is -1.10. The number of rotatable bonds is 8. The topological polar surface area (TPSA) is 52.4 Å². The van der Waals surface area contributed by atoms with Crippen molar-refractivity contribution in [3.8, 4) is 0 Å². The molecule has 5 heteroatoms. The average Bonchev–Trinajstić information content (AvgIpc) is 2.70. The molecule has 0 fully saturated rings. The molecule has 4 nitrogen and oxygen atoms in total. The van der Waals surface area contributed by atoms with Gasteiger partial charge in [-0.3, -0.25) is 10.1 Å². The van der Waals surface area contributed by atoms with Crippen molar-refractivity contribution < 1.29 is 14.1 Å². The molecule has 0 aromatic heterocycles. The van der Waals surface area contributed by atoms with Gasteiger partial charge in [-0.15, -0.1) is 0 Å². The van der Waals surface area contributed by atoms with E-state index in [1.54, 1.807) is 45.1 Å². The predicted octanol–water partition coefficient (Wildman–Crippen LogP) is 6.95. The van der Waals surface area contributed by atoms with Crippen molar-refractivity contribution in [3.63, 3.8) is 0 Å². The van der Waals surface area contributed by atoms with Crippen molar-refractivity contribution in [2.75, 3.05) is 6.61 Å². The first-order chi connectivity index (χ1) is 12.9. The van der Waals surface area contributed by atoms with Gasteiger partial charge in [0.25, 0.3) is 5.70 Å². The lowest BCUT2D eigenvalue weighted by molar-refractivity contribution is -0.429. The maximum Gasteiger partial charge on any atom is 0.253 e. The Balaban J connectivity index is 0. The Morgan fingerprint density at radius 2 is 1.93 bits per heavy atom. The second-order valence-electron chi connectivity index (χ2n) is 5.70. The molecule has 0 saturated heterocycles. The molecular weight excluding hydrogens is 345 g/mol. The second kappa shape index (κ2) is 16.0. The van der Waals surface area contributed by atoms with Crippen LogP contribution < -0.4 is 0 Å². The van der Waals surface area contributed by atoms with Crippen LogP contribution in [0.5, 0.6) is 0 Å². The standard InChI is InChI=1S/C18H24FNO3.2C2H6/c1-5-16(11-10-14(4)18(19)13(2)3)23-12-15-8-6-7-9-17(15)20(21)22;2*1-2/h5-6,8,10-11,13,18H,4,7,9,12H2,1-3H3;2*1-2H3/b11-10-,16-5+;;. The monoisotopic (exact) mass is 381 g/mol. The molecule has 1 atom stereocenters. The molecule has 1 rings (SSSR count). The van der Waals surface area contributed by atoms with Crippen LogP contribution in [0.4, 0.5) is 4.39 Å². The summed E-state index contributed by atoms with van der Waals surface area (Å²) in [5.41, 5.74) is 1.14. The van der Waals surface area contributed by atoms with Gasteiger partial charge in [-0.2, -0.15) is 0 Å². The zero-order chi connectivity index (χ0) is 21.4. The first-order valence-electron chi connectivity index (χ1n) is 9.69. The summed E-state index contributed by atoms with van der Waals surface area (Å²) in [6.07, 6.45) is 8.56. The quantitative estimate of drug-likeness (QED) is 0.198. The third-order valence-corrected chi connectivity index (χ3v) is 3.54. The minimum absolute atomic E-state index is 0.118. The zero-order valence-corrected chi connectivity index (χ0v) is 17.9. The van der Waals surface area contributed by atoms with Gasteiger partial charge in [-0.1, -0.05) is 66.3 Å². The van der Waals surface area contributed by atoms with Crippen LogP contribution in [0.25, 0.3) is 0 Å². The fourth-order valence-electron chi connectivity index (χ4n) is 2.14. The van der Waals surface area contributed by atoms with E-state index in [2.05, 4.69) is 6.58 Å². The Morgan fingerprint density at radius 1 is 1.33 bits per heavy atom. The van der Waals surface area contributed by atoms with Gasteiger partial charge in [0.15, 0.2) is 0 Å². The molecule has 0 N–H and O–H groups in total. The van der Waals surface area contributed by atoms with E-state index in [1.165, 1.54) is 0 Å². The summed E-state index contributed by atoms with van der Waals surface area (Å²) in [4.78, 5) is 10.7. The molecule has 0 aromatic rings. The van der Waals surface area contributed by atoms with Crippen LogP contribution in [0.3, 0.4) is 0 Å². The average molecular weight is 382 g/mol. The number of ether oxygens (including phenoxy) is 1. The molecule has 0 aliphatic heterocycles. The van der Waals surface area contributed by atoms with Gasteiger partial charge in [-0.05, 0) is 37.0 Å². The maximum atomic E-state index is 13.8. The summed E-state index contributed by atoms with van der Waals surface area (Å²) >= 11 is 0. The lowest BCUT2D eigenvalue weighted by atomic mass is 10.0. The van der Waals surface area contributed by atoms with Crippen LogP contribution in [-0.4, -0.2) is 17.7 Å². The van der Waals surface area contributed by atoms with Gasteiger partial charge in [0, 0.05) is 6.42 Å². The van der Waals surface area contributed by atoms with Gasteiger partial charge < -0.3 is 4.74 Å². The maximum absolute atomic E-state index is 13.8. The molecular formula is C22H36FNO3. The molecule has 0 heterocycles. The van der Waals surface area contributed by atoms with Crippen molar-refractivity contribution in [3.05, 3.63) is 69.7 Å². The first kappa shape index (κ1) is 27.1. The Hall–Kier alpha value is -2.17. The van der Waals surface area contributed by atoms with Crippen LogP contribution in [0.2, 0.25) is 0 Å². The third-order valence-electron chi connectivity index (χ3n) is 3.54. The fraction of sp³-hybridized carbons (Fsp3) is 0.545. The van der Waals surface area contributed by atoms with Gasteiger partial charge in [-0.25, -0.2) is 4.39 Å². The summed E-state index contributed by atoms with van der Waals surface area (Å²) in [5.74, 6) is 0.388. The molecule has 0 amide bonds. The lowest BCUT2D eigenvalue weighted by Gasteiger charge is -2.13. The molecule has 1 aliphatic carbocycles. The highest BCUT2D eigenvalue weighted by Crippen LogP contribution is 2.21. The smallest absolute Gasteiger partial charge is 0.253 e. The molecule has 0 radical (unpaired) electrons. The zero-order valence-electron chi connectivity index (χ0n) is 17.9. The minimum Gasteiger partial charge on any atom is -0.489 e. The van der Waals surface area contributed by atoms with Crippen molar-refractivity contribution in [1.82, 2.24) is 0 Å². The van der Waals surface area contributed by atoms with E-state index < -0.39 is 6.17 Å². The Bertz CT molecular complexity index is 572. The molecule has 154 valence electrons. The summed E-state index contributed by atoms with van der Waals surface area (Å²) in [6.45, 7) is 17.2. The normalized spacial score (nSPS) is 14.9. The van der Waals surface area contributed by atoms with Gasteiger partial charge in [0.2, 0.25) is 0 Å². The first-order valence-corrected chi connectivity index (χ1v) is 9.69. The van der Waals surface area contributed by atoms with Gasteiger partial charge in [0.1, 0.15) is 18.5 Å². The van der Waals surface area contributed by atoms with Crippen LogP contribution in [-0.2, 0) is 4.74 Å². The largest absolute Gasteiger partial charge is 0.489 e. The van der Waals surface area contributed by atoms with Crippen LogP contribution >= 0.6 is 0 Å². The lowest BCUT2D eigenvalue weighted by Crippen LogP contribution is -2.10. The molecule has 27 heavy (non-hydrogen) atoms. The number of nitro groups is 1. The highest BCUT2D eigenvalue weighted by Gasteiger charge is 2.19. The van der Waals surface area contributed by atoms with E-state index in [4.69, 9.17) is 4.74 Å². The highest BCUT2D eigenvalue weighted by molar-refractivity contribution is 5.29. The van der Waals surface area contributed by atoms with Crippen LogP contribution in [0.15, 0.2) is 59.6 Å². The summed E-state index contributed by atoms with van der Waals surface area (Å²) in [7, 11) is 0. The molecule has 0 saturated carbocycles. The highest BCUT2D eigenvalue weighted by atomic mass is 19.1. The number of hydrogen-bond acceptors (Lipinski definition) is 3. The molecule has 0 aromatic carbocycles. The van der Waals surface area contributed by atoms with E-state index in [0.29, 0.717) is 29.7 Å². The SMILES string of the molecule is C=C(/C=C\C(=C/C)OCC1=C([N+](=O)[O-])CCC=C1)C(F)C(C)C.CC.CC. The van der Waals surface area contributed by atoms with Crippen molar-refractivity contribution in [2.24, 2.45) is 5.92 Å². The van der Waals surface area contributed by atoms with Crippen molar-refractivity contribution >= 4 is 0 Å². The van der Waals surface area contributed by atoms with E-state index in [0.717, 1.165) is 0 Å². The summed E-state index contributed by atoms with van der Waals surface area (Å²) < 4.78 is 19.4.